The van der Waals surface area contributed by atoms with Gasteiger partial charge in [0, 0.05) is 6.07 Å². The highest BCUT2D eigenvalue weighted by Crippen LogP contribution is 2.38. The standard InChI is InChI=1S/C24H24O7/c1-26-18-8-5-16(6-9-18)14-31-23-15-30-19(13-20(23)25)10-7-17-11-21(27-2)24(29-4)22(12-17)28-3/h5-13,15H,14H2,1-4H3. The first-order valence-corrected chi connectivity index (χ1v) is 9.44. The van der Waals surface area contributed by atoms with Crippen molar-refractivity contribution in [3.05, 3.63) is 75.8 Å². The van der Waals surface area contributed by atoms with E-state index < -0.39 is 0 Å². The molecule has 0 saturated carbocycles. The van der Waals surface area contributed by atoms with E-state index in [0.717, 1.165) is 16.9 Å². The Labute approximate surface area is 180 Å². The molecule has 0 radical (unpaired) electrons. The highest BCUT2D eigenvalue weighted by atomic mass is 16.5. The molecule has 0 spiro atoms. The fourth-order valence-electron chi connectivity index (χ4n) is 2.87. The van der Waals surface area contributed by atoms with Crippen molar-refractivity contribution in [2.75, 3.05) is 28.4 Å². The molecule has 31 heavy (non-hydrogen) atoms. The summed E-state index contributed by atoms with van der Waals surface area (Å²) in [4.78, 5) is 12.4. The molecule has 7 nitrogen and oxygen atoms in total. The minimum absolute atomic E-state index is 0.140. The van der Waals surface area contributed by atoms with Gasteiger partial charge < -0.3 is 28.1 Å². The Hall–Kier alpha value is -3.87. The van der Waals surface area contributed by atoms with Crippen LogP contribution in [-0.2, 0) is 6.61 Å². The zero-order chi connectivity index (χ0) is 22.2. The summed E-state index contributed by atoms with van der Waals surface area (Å²) in [5.41, 5.74) is 1.42. The predicted octanol–water partition coefficient (Wildman–Crippen LogP) is 4.42. The fraction of sp³-hybridized carbons (Fsp3) is 0.208. The van der Waals surface area contributed by atoms with E-state index in [0.29, 0.717) is 23.0 Å². The second-order valence-electron chi connectivity index (χ2n) is 6.44. The average Bonchev–Trinajstić information content (AvgIpc) is 2.81. The van der Waals surface area contributed by atoms with Crippen molar-refractivity contribution in [2.45, 2.75) is 6.61 Å². The molecule has 3 rings (SSSR count). The smallest absolute Gasteiger partial charge is 0.227 e. The number of methoxy groups -OCH3 is 4. The minimum atomic E-state index is -0.274. The van der Waals surface area contributed by atoms with Crippen LogP contribution in [0.15, 0.2) is 57.9 Å². The molecule has 7 heteroatoms. The van der Waals surface area contributed by atoms with E-state index in [1.807, 2.05) is 24.3 Å². The lowest BCUT2D eigenvalue weighted by Crippen LogP contribution is -2.07. The third-order valence-electron chi connectivity index (χ3n) is 4.50. The summed E-state index contributed by atoms with van der Waals surface area (Å²) in [5.74, 6) is 2.85. The Bertz CT molecular complexity index is 1070. The van der Waals surface area contributed by atoms with Crippen LogP contribution in [0.3, 0.4) is 0 Å². The van der Waals surface area contributed by atoms with Gasteiger partial charge in [0.05, 0.1) is 28.4 Å². The van der Waals surface area contributed by atoms with Crippen molar-refractivity contribution >= 4 is 12.2 Å². The number of hydrogen-bond donors (Lipinski definition) is 0. The van der Waals surface area contributed by atoms with E-state index in [2.05, 4.69) is 0 Å². The summed E-state index contributed by atoms with van der Waals surface area (Å²) in [6.45, 7) is 0.245. The molecular weight excluding hydrogens is 400 g/mol. The van der Waals surface area contributed by atoms with Gasteiger partial charge in [0.2, 0.25) is 16.9 Å². The van der Waals surface area contributed by atoms with Gasteiger partial charge in [-0.15, -0.1) is 0 Å². The molecule has 0 saturated heterocycles. The van der Waals surface area contributed by atoms with Crippen molar-refractivity contribution in [3.63, 3.8) is 0 Å². The number of rotatable bonds is 9. The van der Waals surface area contributed by atoms with E-state index in [-0.39, 0.29) is 17.8 Å². The van der Waals surface area contributed by atoms with Gasteiger partial charge in [-0.25, -0.2) is 0 Å². The first-order chi connectivity index (χ1) is 15.1. The Morgan fingerprint density at radius 3 is 2.03 bits per heavy atom. The van der Waals surface area contributed by atoms with Gasteiger partial charge in [0.1, 0.15) is 24.4 Å². The molecule has 0 bridgehead atoms. The number of benzene rings is 2. The topological polar surface area (TPSA) is 76.4 Å². The van der Waals surface area contributed by atoms with Crippen LogP contribution in [0.25, 0.3) is 12.2 Å². The Balaban J connectivity index is 1.72. The van der Waals surface area contributed by atoms with Crippen LogP contribution < -0.4 is 29.1 Å². The van der Waals surface area contributed by atoms with Crippen molar-refractivity contribution in [2.24, 2.45) is 0 Å². The first kappa shape index (κ1) is 21.8. The normalized spacial score (nSPS) is 10.7. The summed E-state index contributed by atoms with van der Waals surface area (Å²) >= 11 is 0. The van der Waals surface area contributed by atoms with Crippen molar-refractivity contribution in [1.82, 2.24) is 0 Å². The van der Waals surface area contributed by atoms with E-state index in [4.69, 9.17) is 28.1 Å². The molecule has 162 valence electrons. The molecule has 2 aromatic carbocycles. The van der Waals surface area contributed by atoms with Crippen LogP contribution in [0.2, 0.25) is 0 Å². The van der Waals surface area contributed by atoms with Crippen LogP contribution >= 0.6 is 0 Å². The van der Waals surface area contributed by atoms with Gasteiger partial charge in [-0.1, -0.05) is 18.2 Å². The van der Waals surface area contributed by atoms with E-state index in [1.165, 1.54) is 12.3 Å². The average molecular weight is 424 g/mol. The second kappa shape index (κ2) is 10.2. The first-order valence-electron chi connectivity index (χ1n) is 9.44. The Kier molecular flexibility index (Phi) is 7.22. The monoisotopic (exact) mass is 424 g/mol. The van der Waals surface area contributed by atoms with Gasteiger partial charge in [0.25, 0.3) is 0 Å². The van der Waals surface area contributed by atoms with Gasteiger partial charge in [-0.3, -0.25) is 4.79 Å². The highest BCUT2D eigenvalue weighted by molar-refractivity contribution is 5.71. The van der Waals surface area contributed by atoms with Gasteiger partial charge in [0.15, 0.2) is 11.5 Å². The van der Waals surface area contributed by atoms with Crippen molar-refractivity contribution in [1.29, 1.82) is 0 Å². The lowest BCUT2D eigenvalue weighted by molar-refractivity contribution is 0.291. The predicted molar refractivity (Wildman–Crippen MR) is 117 cm³/mol. The highest BCUT2D eigenvalue weighted by Gasteiger charge is 2.12. The summed E-state index contributed by atoms with van der Waals surface area (Å²) in [5, 5.41) is 0. The largest absolute Gasteiger partial charge is 0.497 e. The molecule has 0 unspecified atom stereocenters. The van der Waals surface area contributed by atoms with Crippen molar-refractivity contribution in [3.8, 4) is 28.7 Å². The summed E-state index contributed by atoms with van der Waals surface area (Å²) < 4.78 is 32.2. The SMILES string of the molecule is COc1ccc(COc2coc(C=Cc3cc(OC)c(OC)c(OC)c3)cc2=O)cc1. The molecule has 0 aliphatic rings. The molecular formula is C24H24O7. The summed E-state index contributed by atoms with van der Waals surface area (Å²) in [7, 11) is 6.25. The number of ether oxygens (including phenoxy) is 5. The molecule has 0 N–H and O–H groups in total. The van der Waals surface area contributed by atoms with Crippen LogP contribution in [-0.4, -0.2) is 28.4 Å². The van der Waals surface area contributed by atoms with E-state index >= 15 is 0 Å². The molecule has 1 aromatic heterocycles. The molecule has 1 heterocycles. The Morgan fingerprint density at radius 1 is 0.806 bits per heavy atom. The van der Waals surface area contributed by atoms with Crippen molar-refractivity contribution < 1.29 is 28.1 Å². The van der Waals surface area contributed by atoms with Gasteiger partial charge in [-0.05, 0) is 41.5 Å². The van der Waals surface area contributed by atoms with Crippen LogP contribution in [0, 0.1) is 0 Å². The summed E-state index contributed by atoms with van der Waals surface area (Å²) in [6, 6.07) is 12.4. The maximum Gasteiger partial charge on any atom is 0.227 e. The van der Waals surface area contributed by atoms with Crippen LogP contribution in [0.5, 0.6) is 28.7 Å². The zero-order valence-corrected chi connectivity index (χ0v) is 17.8. The van der Waals surface area contributed by atoms with E-state index in [9.17, 15) is 4.79 Å². The zero-order valence-electron chi connectivity index (χ0n) is 17.8. The van der Waals surface area contributed by atoms with E-state index in [1.54, 1.807) is 52.7 Å². The minimum Gasteiger partial charge on any atom is -0.497 e. The fourth-order valence-corrected chi connectivity index (χ4v) is 2.87. The van der Waals surface area contributed by atoms with Crippen LogP contribution in [0.1, 0.15) is 16.9 Å². The summed E-state index contributed by atoms with van der Waals surface area (Å²) in [6.07, 6.45) is 4.76. The Morgan fingerprint density at radius 2 is 1.48 bits per heavy atom. The molecule has 0 fully saturated rings. The maximum atomic E-state index is 12.4. The molecule has 0 amide bonds. The maximum absolute atomic E-state index is 12.4. The third-order valence-corrected chi connectivity index (χ3v) is 4.50. The third kappa shape index (κ3) is 5.39. The van der Waals surface area contributed by atoms with Crippen LogP contribution in [0.4, 0.5) is 0 Å². The number of hydrogen-bond acceptors (Lipinski definition) is 7. The quantitative estimate of drug-likeness (QED) is 0.503. The molecule has 0 aliphatic heterocycles. The second-order valence-corrected chi connectivity index (χ2v) is 6.44. The molecule has 0 atom stereocenters. The lowest BCUT2D eigenvalue weighted by atomic mass is 10.1. The van der Waals surface area contributed by atoms with Gasteiger partial charge >= 0.3 is 0 Å². The van der Waals surface area contributed by atoms with Gasteiger partial charge in [-0.2, -0.15) is 0 Å². The molecule has 0 aliphatic carbocycles. The molecule has 3 aromatic rings. The lowest BCUT2D eigenvalue weighted by Gasteiger charge is -2.12.